The summed E-state index contributed by atoms with van der Waals surface area (Å²) in [6, 6.07) is 4.71. The number of carbonyl (C=O) groups excluding carboxylic acids is 1. The van der Waals surface area contributed by atoms with Crippen molar-refractivity contribution in [3.05, 3.63) is 35.6 Å². The highest BCUT2D eigenvalue weighted by molar-refractivity contribution is 5.83. The molecule has 1 unspecified atom stereocenters. The molecule has 0 saturated heterocycles. The van der Waals surface area contributed by atoms with Gasteiger partial charge in [0, 0.05) is 19.4 Å². The molecule has 0 fully saturated rings. The summed E-state index contributed by atoms with van der Waals surface area (Å²) >= 11 is 0. The summed E-state index contributed by atoms with van der Waals surface area (Å²) in [5, 5.41) is 11.3. The van der Waals surface area contributed by atoms with Crippen LogP contribution in [0.25, 0.3) is 0 Å². The summed E-state index contributed by atoms with van der Waals surface area (Å²) in [4.78, 5) is 22.3. The number of hydrogen-bond donors (Lipinski definition) is 3. The summed E-state index contributed by atoms with van der Waals surface area (Å²) in [6.07, 6.45) is -0.0562. The van der Waals surface area contributed by atoms with Gasteiger partial charge in [-0.25, -0.2) is 9.18 Å². The first-order valence-electron chi connectivity index (χ1n) is 5.50. The number of halogens is 1. The molecule has 0 radical (unpaired) electrons. The fourth-order valence-electron chi connectivity index (χ4n) is 1.48. The molecule has 4 N–H and O–H groups in total. The Hall–Kier alpha value is -1.95. The van der Waals surface area contributed by atoms with E-state index in [2.05, 4.69) is 5.32 Å². The molecule has 1 rings (SSSR count). The second kappa shape index (κ2) is 6.70. The van der Waals surface area contributed by atoms with Gasteiger partial charge in [-0.3, -0.25) is 4.79 Å². The van der Waals surface area contributed by atoms with Crippen LogP contribution in [0.3, 0.4) is 0 Å². The van der Waals surface area contributed by atoms with Crippen LogP contribution in [0.5, 0.6) is 0 Å². The molecule has 0 aliphatic carbocycles. The van der Waals surface area contributed by atoms with E-state index in [0.29, 0.717) is 0 Å². The minimum atomic E-state index is -1.20. The zero-order valence-corrected chi connectivity index (χ0v) is 9.73. The SMILES string of the molecule is NCCC(=O)NC(Cc1ccccc1F)C(=O)O. The minimum Gasteiger partial charge on any atom is -0.480 e. The van der Waals surface area contributed by atoms with E-state index in [1.54, 1.807) is 6.07 Å². The lowest BCUT2D eigenvalue weighted by atomic mass is 10.1. The molecule has 1 atom stereocenters. The van der Waals surface area contributed by atoms with Crippen molar-refractivity contribution < 1.29 is 19.1 Å². The number of carboxylic acid groups (broad SMARTS) is 1. The molecule has 6 heteroatoms. The standard InChI is InChI=1S/C12H15FN2O3/c13-9-4-2-1-3-8(9)7-10(12(17)18)15-11(16)5-6-14/h1-4,10H,5-7,14H2,(H,15,16)(H,17,18). The zero-order valence-electron chi connectivity index (χ0n) is 9.73. The number of amides is 1. The van der Waals surface area contributed by atoms with Gasteiger partial charge in [0.2, 0.25) is 5.91 Å². The Morgan fingerprint density at radius 1 is 1.39 bits per heavy atom. The van der Waals surface area contributed by atoms with E-state index in [9.17, 15) is 14.0 Å². The third-order valence-electron chi connectivity index (χ3n) is 2.39. The fraction of sp³-hybridized carbons (Fsp3) is 0.333. The molecule has 1 aromatic carbocycles. The van der Waals surface area contributed by atoms with Gasteiger partial charge in [0.1, 0.15) is 11.9 Å². The van der Waals surface area contributed by atoms with Crippen LogP contribution < -0.4 is 11.1 Å². The Labute approximate surface area is 104 Å². The number of hydrogen-bond acceptors (Lipinski definition) is 3. The molecule has 0 aliphatic rings. The minimum absolute atomic E-state index is 0.0427. The molecule has 0 aliphatic heterocycles. The van der Waals surface area contributed by atoms with Crippen molar-refractivity contribution in [2.24, 2.45) is 5.73 Å². The van der Waals surface area contributed by atoms with Gasteiger partial charge in [-0.1, -0.05) is 18.2 Å². The molecule has 5 nitrogen and oxygen atoms in total. The first kappa shape index (κ1) is 14.1. The van der Waals surface area contributed by atoms with Crippen LogP contribution in [-0.4, -0.2) is 29.6 Å². The van der Waals surface area contributed by atoms with Crippen LogP contribution in [0.1, 0.15) is 12.0 Å². The van der Waals surface area contributed by atoms with Crippen molar-refractivity contribution >= 4 is 11.9 Å². The Morgan fingerprint density at radius 3 is 2.61 bits per heavy atom. The molecule has 0 saturated carbocycles. The number of rotatable bonds is 6. The van der Waals surface area contributed by atoms with Gasteiger partial charge in [-0.15, -0.1) is 0 Å². The molecule has 0 spiro atoms. The largest absolute Gasteiger partial charge is 0.480 e. The highest BCUT2D eigenvalue weighted by atomic mass is 19.1. The fourth-order valence-corrected chi connectivity index (χ4v) is 1.48. The first-order chi connectivity index (χ1) is 8.54. The highest BCUT2D eigenvalue weighted by Crippen LogP contribution is 2.09. The Balaban J connectivity index is 2.72. The van der Waals surface area contributed by atoms with Crippen LogP contribution in [0, 0.1) is 5.82 Å². The molecular formula is C12H15FN2O3. The third kappa shape index (κ3) is 4.14. The van der Waals surface area contributed by atoms with E-state index < -0.39 is 23.7 Å². The van der Waals surface area contributed by atoms with E-state index >= 15 is 0 Å². The second-order valence-corrected chi connectivity index (χ2v) is 3.79. The maximum Gasteiger partial charge on any atom is 0.326 e. The molecular weight excluding hydrogens is 239 g/mol. The summed E-state index contributed by atoms with van der Waals surface area (Å²) in [5.74, 6) is -2.15. The lowest BCUT2D eigenvalue weighted by molar-refractivity contribution is -0.141. The van der Waals surface area contributed by atoms with Crippen LogP contribution in [0.4, 0.5) is 4.39 Å². The van der Waals surface area contributed by atoms with Crippen molar-refractivity contribution in [3.8, 4) is 0 Å². The van der Waals surface area contributed by atoms with Gasteiger partial charge in [0.25, 0.3) is 0 Å². The molecule has 0 bridgehead atoms. The maximum atomic E-state index is 13.4. The predicted molar refractivity (Wildman–Crippen MR) is 63.3 cm³/mol. The second-order valence-electron chi connectivity index (χ2n) is 3.79. The van der Waals surface area contributed by atoms with Gasteiger partial charge < -0.3 is 16.2 Å². The molecule has 0 heterocycles. The zero-order chi connectivity index (χ0) is 13.5. The molecule has 98 valence electrons. The van der Waals surface area contributed by atoms with Crippen LogP contribution in [0.2, 0.25) is 0 Å². The average molecular weight is 254 g/mol. The smallest absolute Gasteiger partial charge is 0.326 e. The van der Waals surface area contributed by atoms with Crippen LogP contribution in [0.15, 0.2) is 24.3 Å². The number of aliphatic carboxylic acids is 1. The summed E-state index contributed by atoms with van der Waals surface area (Å²) < 4.78 is 13.4. The van der Waals surface area contributed by atoms with Gasteiger partial charge >= 0.3 is 5.97 Å². The number of carboxylic acids is 1. The predicted octanol–water partition coefficient (Wildman–Crippen LogP) is 0.286. The van der Waals surface area contributed by atoms with Gasteiger partial charge in [0.05, 0.1) is 0 Å². The number of nitrogens with two attached hydrogens (primary N) is 1. The summed E-state index contributed by atoms with van der Waals surface area (Å²) in [6.45, 7) is 0.137. The third-order valence-corrected chi connectivity index (χ3v) is 2.39. The summed E-state index contributed by atoms with van der Waals surface area (Å²) in [5.41, 5.74) is 5.44. The van der Waals surface area contributed by atoms with Crippen molar-refractivity contribution in [1.29, 1.82) is 0 Å². The van der Waals surface area contributed by atoms with Crippen molar-refractivity contribution in [1.82, 2.24) is 5.32 Å². The van der Waals surface area contributed by atoms with E-state index in [1.165, 1.54) is 18.2 Å². The van der Waals surface area contributed by atoms with Gasteiger partial charge in [-0.2, -0.15) is 0 Å². The van der Waals surface area contributed by atoms with Crippen LogP contribution >= 0.6 is 0 Å². The van der Waals surface area contributed by atoms with Crippen molar-refractivity contribution in [2.75, 3.05) is 6.54 Å². The Bertz CT molecular complexity index is 437. The van der Waals surface area contributed by atoms with E-state index in [0.717, 1.165) is 0 Å². The lowest BCUT2D eigenvalue weighted by Crippen LogP contribution is -2.43. The average Bonchev–Trinajstić information content (AvgIpc) is 2.31. The lowest BCUT2D eigenvalue weighted by Gasteiger charge is -2.14. The number of benzene rings is 1. The number of nitrogens with one attached hydrogen (secondary N) is 1. The molecule has 1 aromatic rings. The molecule has 1 amide bonds. The molecule has 18 heavy (non-hydrogen) atoms. The first-order valence-corrected chi connectivity index (χ1v) is 5.50. The van der Waals surface area contributed by atoms with Crippen molar-refractivity contribution in [2.45, 2.75) is 18.9 Å². The quantitative estimate of drug-likeness (QED) is 0.680. The maximum absolute atomic E-state index is 13.4. The van der Waals surface area contributed by atoms with Crippen LogP contribution in [-0.2, 0) is 16.0 Å². The number of carbonyl (C=O) groups is 2. The monoisotopic (exact) mass is 254 g/mol. The van der Waals surface area contributed by atoms with Gasteiger partial charge in [0.15, 0.2) is 0 Å². The van der Waals surface area contributed by atoms with E-state index in [4.69, 9.17) is 10.8 Å². The van der Waals surface area contributed by atoms with Gasteiger partial charge in [-0.05, 0) is 11.6 Å². The normalized spacial score (nSPS) is 11.9. The topological polar surface area (TPSA) is 92.4 Å². The van der Waals surface area contributed by atoms with Crippen molar-refractivity contribution in [3.63, 3.8) is 0 Å². The van der Waals surface area contributed by atoms with E-state index in [1.807, 2.05) is 0 Å². The Kier molecular flexibility index (Phi) is 5.26. The highest BCUT2D eigenvalue weighted by Gasteiger charge is 2.21. The molecule has 0 aromatic heterocycles. The Morgan fingerprint density at radius 2 is 2.06 bits per heavy atom. The van der Waals surface area contributed by atoms with E-state index in [-0.39, 0.29) is 24.9 Å². The summed E-state index contributed by atoms with van der Waals surface area (Å²) in [7, 11) is 0.